The van der Waals surface area contributed by atoms with E-state index >= 15 is 0 Å². The van der Waals surface area contributed by atoms with Gasteiger partial charge in [-0.3, -0.25) is 29.1 Å². The van der Waals surface area contributed by atoms with Gasteiger partial charge in [0.2, 0.25) is 0 Å². The van der Waals surface area contributed by atoms with Crippen molar-refractivity contribution in [1.29, 1.82) is 0 Å². The summed E-state index contributed by atoms with van der Waals surface area (Å²) in [7, 11) is 0. The van der Waals surface area contributed by atoms with Crippen LogP contribution in [0.15, 0.2) is 268 Å². The Labute approximate surface area is 628 Å². The molecule has 0 spiro atoms. The summed E-state index contributed by atoms with van der Waals surface area (Å²) in [5.41, 5.74) is 16.5. The third-order valence-corrected chi connectivity index (χ3v) is 19.3. The van der Waals surface area contributed by atoms with Crippen LogP contribution in [0.1, 0.15) is 139 Å². The third-order valence-electron chi connectivity index (χ3n) is 19.3. The lowest BCUT2D eigenvalue weighted by Crippen LogP contribution is -2.27. The molecule has 12 heterocycles. The van der Waals surface area contributed by atoms with Gasteiger partial charge in [-0.1, -0.05) is 121 Å². The van der Waals surface area contributed by atoms with Crippen LogP contribution in [0.5, 0.6) is 0 Å². The molecule has 26 nitrogen and oxygen atoms in total. The van der Waals surface area contributed by atoms with Crippen molar-refractivity contribution in [2.75, 3.05) is 21.3 Å². The van der Waals surface area contributed by atoms with E-state index in [0.717, 1.165) is 141 Å². The van der Waals surface area contributed by atoms with Gasteiger partial charge >= 0.3 is 0 Å². The Morgan fingerprint density at radius 3 is 0.955 bits per heavy atom. The first kappa shape index (κ1) is 68.5. The molecule has 0 aliphatic heterocycles. The lowest BCUT2D eigenvalue weighted by molar-refractivity contribution is -0.605. The molecule has 0 unspecified atom stereocenters. The zero-order chi connectivity index (χ0) is 74.6. The molecule has 4 aliphatic rings. The molecule has 4 N–H and O–H groups in total. The number of benzene rings is 4. The van der Waals surface area contributed by atoms with Crippen LogP contribution in [-0.4, -0.2) is 92.0 Å². The lowest BCUT2D eigenvalue weighted by Gasteiger charge is -2.10. The van der Waals surface area contributed by atoms with Gasteiger partial charge in [0.15, 0.2) is 47.4 Å². The Hall–Kier alpha value is -14.6. The monoisotopic (exact) mass is 1450 g/mol. The molecule has 0 saturated heterocycles. The van der Waals surface area contributed by atoms with E-state index in [1.165, 1.54) is 36.9 Å². The molecule has 12 aromatic heterocycles. The molecule has 110 heavy (non-hydrogen) atoms. The molecule has 16 aromatic rings. The number of rotatable bonds is 16. The first-order valence-electron chi connectivity index (χ1n) is 36.2. The van der Waals surface area contributed by atoms with E-state index in [-0.39, 0.29) is 29.2 Å². The van der Waals surface area contributed by atoms with Gasteiger partial charge in [-0.05, 0) is 105 Å². The summed E-state index contributed by atoms with van der Waals surface area (Å²) in [4.78, 5) is 78.0. The minimum absolute atomic E-state index is 0.201. The summed E-state index contributed by atoms with van der Waals surface area (Å²) in [6.07, 6.45) is 28.2. The van der Waals surface area contributed by atoms with Crippen molar-refractivity contribution in [1.82, 2.24) is 68.4 Å². The van der Waals surface area contributed by atoms with Crippen molar-refractivity contribution in [3.63, 3.8) is 0 Å². The van der Waals surface area contributed by atoms with Gasteiger partial charge in [0.05, 0.1) is 58.7 Å². The van der Waals surface area contributed by atoms with Crippen LogP contribution in [0.25, 0.3) is 67.6 Å². The average molecular weight is 1450 g/mol. The van der Waals surface area contributed by atoms with Crippen molar-refractivity contribution < 1.29 is 28.6 Å². The van der Waals surface area contributed by atoms with Crippen molar-refractivity contribution >= 4 is 69.5 Å². The van der Waals surface area contributed by atoms with E-state index in [0.29, 0.717) is 73.1 Å². The number of anilines is 4. The normalized spacial score (nSPS) is 13.6. The van der Waals surface area contributed by atoms with Crippen molar-refractivity contribution in [2.24, 2.45) is 0 Å². The number of aromatic nitrogens is 16. The predicted octanol–water partition coefficient (Wildman–Crippen LogP) is 14.2. The summed E-state index contributed by atoms with van der Waals surface area (Å²) in [5.74, 6) is 3.15. The minimum atomic E-state index is -0.375. The van der Waals surface area contributed by atoms with E-state index in [1.807, 2.05) is 164 Å². The number of nitrogens with zero attached hydrogens (tertiary/aromatic N) is 16. The zero-order valence-corrected chi connectivity index (χ0v) is 59.0. The Morgan fingerprint density at radius 1 is 0.318 bits per heavy atom. The van der Waals surface area contributed by atoms with Gasteiger partial charge in [0, 0.05) is 117 Å². The number of nitrogens with one attached hydrogen (secondary N) is 4. The number of hydrogen-bond donors (Lipinski definition) is 4. The highest BCUT2D eigenvalue weighted by Crippen LogP contribution is 2.46. The number of amides is 4. The molecule has 4 saturated carbocycles. The molecule has 0 bridgehead atoms. The van der Waals surface area contributed by atoms with Crippen LogP contribution in [-0.2, 0) is 0 Å². The molecular weight excluding hydrogens is 1390 g/mol. The van der Waals surface area contributed by atoms with Crippen molar-refractivity contribution in [3.05, 3.63) is 323 Å². The van der Waals surface area contributed by atoms with E-state index in [1.54, 1.807) is 85.3 Å². The summed E-state index contributed by atoms with van der Waals surface area (Å²) in [5, 5.41) is 52.3. The summed E-state index contributed by atoms with van der Waals surface area (Å²) < 4.78 is 8.02. The van der Waals surface area contributed by atoms with Crippen molar-refractivity contribution in [2.45, 2.75) is 75.0 Å². The van der Waals surface area contributed by atoms with Gasteiger partial charge < -0.3 is 31.7 Å². The maximum Gasteiger partial charge on any atom is 0.262 e. The average Bonchev–Trinajstić information content (AvgIpc) is 1.63. The summed E-state index contributed by atoms with van der Waals surface area (Å²) >= 11 is 0. The Kier molecular flexibility index (Phi) is 18.8. The summed E-state index contributed by atoms with van der Waals surface area (Å²) in [6, 6.07) is 59.9. The smallest absolute Gasteiger partial charge is 0.262 e. The fourth-order valence-corrected chi connectivity index (χ4v) is 12.9. The zero-order valence-electron chi connectivity index (χ0n) is 59.0. The fourth-order valence-electron chi connectivity index (χ4n) is 12.9. The Balaban J connectivity index is 0.000000107. The third kappa shape index (κ3) is 15.2. The molecule has 540 valence electrons. The van der Waals surface area contributed by atoms with Crippen LogP contribution in [0, 0.1) is 10.4 Å². The fraction of sp³-hybridized carbons (Fsp3) is 0.143. The molecule has 0 atom stereocenters. The van der Waals surface area contributed by atoms with E-state index in [9.17, 15) is 29.6 Å². The molecule has 20 rings (SSSR count). The predicted molar refractivity (Wildman–Crippen MR) is 413 cm³/mol. The number of carbonyl (C=O) groups excluding carboxylic acids is 4. The first-order chi connectivity index (χ1) is 54.0. The number of fused-ring (bicyclic) bond motifs is 4. The maximum absolute atomic E-state index is 12.7. The van der Waals surface area contributed by atoms with Gasteiger partial charge in [-0.15, -0.1) is 0 Å². The molecule has 0 radical (unpaired) electrons. The lowest BCUT2D eigenvalue weighted by atomic mass is 10.1. The van der Waals surface area contributed by atoms with Crippen LogP contribution >= 0.6 is 0 Å². The topological polar surface area (TPSA) is 317 Å². The minimum Gasteiger partial charge on any atom is -0.619 e. The van der Waals surface area contributed by atoms with Gasteiger partial charge in [-0.25, -0.2) is 19.9 Å². The largest absolute Gasteiger partial charge is 0.619 e. The quantitative estimate of drug-likeness (QED) is 0.0516. The van der Waals surface area contributed by atoms with Gasteiger partial charge in [-0.2, -0.15) is 47.9 Å². The SMILES string of the molecule is O=C(Nc1cc(-c2ccccc2)nc2c(C3CC3)cnn12)c1cc[n+]([O-])cc1.O=C(Nc1cc(-c2ccccc2)nc2c(C3CC3)cnn12)c1ccc[n+]([O-])c1.O=C(Nc1cc(-c2ccccc2)nc2c(C3CC3)cnn12)c1cccnc1.O=C(Nc1cc(-c2ccccc2)nc2c(C3CC3)cnn12)c1ccncc1. The number of carbonyl (C=O) groups is 4. The molecular formula is C84H68N20O6. The van der Waals surface area contributed by atoms with Crippen LogP contribution in [0.2, 0.25) is 0 Å². The van der Waals surface area contributed by atoms with Crippen LogP contribution in [0.4, 0.5) is 23.3 Å². The van der Waals surface area contributed by atoms with E-state index < -0.39 is 0 Å². The molecule has 4 amide bonds. The second-order valence-electron chi connectivity index (χ2n) is 27.2. The van der Waals surface area contributed by atoms with Crippen LogP contribution in [0.3, 0.4) is 0 Å². The van der Waals surface area contributed by atoms with Crippen molar-refractivity contribution in [3.8, 4) is 45.0 Å². The number of hydrogen-bond acceptors (Lipinski definition) is 16. The second kappa shape index (κ2) is 30.1. The van der Waals surface area contributed by atoms with E-state index in [4.69, 9.17) is 19.9 Å². The molecule has 4 aliphatic carbocycles. The molecule has 26 heteroatoms. The highest BCUT2D eigenvalue weighted by atomic mass is 16.5. The standard InChI is InChI=1S/2C21H17N5O2.2C21H17N5O/c27-21(16-7-4-10-25(28)13-16)24-19-11-18(15-5-2-1-3-6-15)23-20-17(14-8-9-14)12-22-26(19)20;27-21(16-8-10-25(28)11-9-16)24-19-12-18(15-4-2-1-3-5-15)23-20-17(14-6-7-14)13-22-26(19)20;27-21(16-7-4-10-22-12-16)25-19-11-18(15-5-2-1-3-6-15)24-20-17(14-8-9-14)13-23-26(19)20;27-21(16-8-10-22-11-9-16)25-19-12-18(15-4-2-1-3-5-15)24-20-17(14-6-7-14)13-23-26(19)20/h1-7,10-14H,8-9H2,(H,24,27);1-5,8-14H,6-7H2,(H,24,27);1-7,10-14H,8-9H2,(H,25,27);1-5,8-14H,6-7H2,(H,25,27). The molecule has 4 fully saturated rings. The Bertz CT molecular complexity index is 5890. The Morgan fingerprint density at radius 2 is 0.636 bits per heavy atom. The number of pyridine rings is 4. The van der Waals surface area contributed by atoms with Gasteiger partial charge in [0.25, 0.3) is 23.6 Å². The highest BCUT2D eigenvalue weighted by Gasteiger charge is 2.33. The molecule has 4 aromatic carbocycles. The second-order valence-corrected chi connectivity index (χ2v) is 27.2. The highest BCUT2D eigenvalue weighted by molar-refractivity contribution is 6.06. The maximum atomic E-state index is 12.7. The van der Waals surface area contributed by atoms with Crippen LogP contribution < -0.4 is 30.7 Å². The first-order valence-corrected chi connectivity index (χ1v) is 36.2. The summed E-state index contributed by atoms with van der Waals surface area (Å²) in [6.45, 7) is 0. The van der Waals surface area contributed by atoms with E-state index in [2.05, 4.69) is 51.6 Å². The van der Waals surface area contributed by atoms with Gasteiger partial charge in [0.1, 0.15) is 28.8 Å².